The molecule has 1 aromatic heterocycles. The van der Waals surface area contributed by atoms with Crippen molar-refractivity contribution in [1.29, 1.82) is 0 Å². The summed E-state index contributed by atoms with van der Waals surface area (Å²) < 4.78 is 0. The monoisotopic (exact) mass is 218 g/mol. The van der Waals surface area contributed by atoms with Gasteiger partial charge in [-0.2, -0.15) is 0 Å². The van der Waals surface area contributed by atoms with E-state index >= 15 is 0 Å². The van der Waals surface area contributed by atoms with Crippen molar-refractivity contribution in [2.45, 2.75) is 19.4 Å². The van der Waals surface area contributed by atoms with E-state index in [0.717, 1.165) is 4.88 Å². The lowest BCUT2D eigenvalue weighted by molar-refractivity contribution is 0.182. The number of hydrogen-bond acceptors (Lipinski definition) is 2. The van der Waals surface area contributed by atoms with Gasteiger partial charge >= 0.3 is 0 Å². The highest BCUT2D eigenvalue weighted by atomic mass is 32.1. The van der Waals surface area contributed by atoms with Crippen molar-refractivity contribution < 1.29 is 5.11 Å². The summed E-state index contributed by atoms with van der Waals surface area (Å²) in [5.74, 6) is 0. The minimum absolute atomic E-state index is 0.369. The summed E-state index contributed by atoms with van der Waals surface area (Å²) in [6.45, 7) is 2.05. The lowest BCUT2D eigenvalue weighted by Crippen LogP contribution is -1.99. The van der Waals surface area contributed by atoms with Crippen LogP contribution < -0.4 is 0 Å². The molecule has 15 heavy (non-hydrogen) atoms. The molecule has 0 saturated carbocycles. The number of aliphatic hydroxyl groups excluding tert-OH is 1. The first-order valence-electron chi connectivity index (χ1n) is 5.03. The molecule has 2 rings (SSSR count). The van der Waals surface area contributed by atoms with Crippen LogP contribution in [-0.4, -0.2) is 5.11 Å². The van der Waals surface area contributed by atoms with E-state index in [2.05, 4.69) is 18.4 Å². The van der Waals surface area contributed by atoms with E-state index in [1.807, 2.05) is 30.3 Å². The van der Waals surface area contributed by atoms with Gasteiger partial charge in [-0.1, -0.05) is 30.3 Å². The molecule has 1 aromatic carbocycles. The largest absolute Gasteiger partial charge is 0.387 e. The number of aryl methyl sites for hydroxylation is 1. The highest BCUT2D eigenvalue weighted by Crippen LogP contribution is 2.24. The molecule has 0 spiro atoms. The Labute approximate surface area is 94.0 Å². The second-order valence-electron chi connectivity index (χ2n) is 3.73. The number of hydrogen-bond donors (Lipinski definition) is 1. The maximum absolute atomic E-state index is 10.00. The summed E-state index contributed by atoms with van der Waals surface area (Å²) in [5.41, 5.74) is 2.40. The standard InChI is InChI=1S/C13H14OS/c1-10-7-13(15-9-10)12(14)8-11-5-3-2-4-6-11/h2-7,9,12,14H,8H2,1H3. The van der Waals surface area contributed by atoms with Crippen LogP contribution in [0, 0.1) is 6.92 Å². The molecule has 78 valence electrons. The predicted octanol–water partition coefficient (Wildman–Crippen LogP) is 3.33. The molecule has 1 nitrogen and oxygen atoms in total. The Morgan fingerprint density at radius 3 is 2.60 bits per heavy atom. The lowest BCUT2D eigenvalue weighted by Gasteiger charge is -2.07. The van der Waals surface area contributed by atoms with Gasteiger partial charge in [0.15, 0.2) is 0 Å². The Morgan fingerprint density at radius 2 is 2.00 bits per heavy atom. The fourth-order valence-corrected chi connectivity index (χ4v) is 2.45. The third kappa shape index (κ3) is 2.67. The van der Waals surface area contributed by atoms with Gasteiger partial charge in [-0.05, 0) is 29.5 Å². The molecule has 0 aliphatic heterocycles. The Bertz CT molecular complexity index is 419. The molecule has 0 saturated heterocycles. The zero-order valence-corrected chi connectivity index (χ0v) is 9.50. The van der Waals surface area contributed by atoms with Crippen molar-refractivity contribution in [3.8, 4) is 0 Å². The van der Waals surface area contributed by atoms with Crippen molar-refractivity contribution >= 4 is 11.3 Å². The fraction of sp³-hybridized carbons (Fsp3) is 0.231. The molecule has 0 bridgehead atoms. The summed E-state index contributed by atoms with van der Waals surface area (Å²) in [6.07, 6.45) is 0.326. The zero-order chi connectivity index (χ0) is 10.7. The maximum Gasteiger partial charge on any atom is 0.0922 e. The van der Waals surface area contributed by atoms with Crippen LogP contribution in [0.15, 0.2) is 41.8 Å². The SMILES string of the molecule is Cc1csc(C(O)Cc2ccccc2)c1. The molecule has 0 radical (unpaired) electrons. The molecule has 0 aliphatic carbocycles. The van der Waals surface area contributed by atoms with E-state index in [1.165, 1.54) is 11.1 Å². The molecular formula is C13H14OS. The maximum atomic E-state index is 10.00. The van der Waals surface area contributed by atoms with Crippen molar-refractivity contribution in [2.75, 3.05) is 0 Å². The highest BCUT2D eigenvalue weighted by molar-refractivity contribution is 7.10. The van der Waals surface area contributed by atoms with Crippen molar-refractivity contribution in [2.24, 2.45) is 0 Å². The summed E-state index contributed by atoms with van der Waals surface area (Å²) >= 11 is 1.63. The smallest absolute Gasteiger partial charge is 0.0922 e. The van der Waals surface area contributed by atoms with E-state index in [-0.39, 0.29) is 6.10 Å². The average molecular weight is 218 g/mol. The normalized spacial score (nSPS) is 12.7. The molecule has 2 aromatic rings. The first-order chi connectivity index (χ1) is 7.25. The van der Waals surface area contributed by atoms with Gasteiger partial charge in [0.1, 0.15) is 0 Å². The topological polar surface area (TPSA) is 20.2 Å². The Kier molecular flexibility index (Phi) is 3.19. The summed E-state index contributed by atoms with van der Waals surface area (Å²) in [5, 5.41) is 12.1. The third-order valence-corrected chi connectivity index (χ3v) is 3.50. The van der Waals surface area contributed by atoms with Gasteiger partial charge in [-0.3, -0.25) is 0 Å². The minimum atomic E-state index is -0.369. The van der Waals surface area contributed by atoms with Crippen LogP contribution >= 0.6 is 11.3 Å². The molecule has 1 atom stereocenters. The van der Waals surface area contributed by atoms with Crippen LogP contribution in [0.2, 0.25) is 0 Å². The fourth-order valence-electron chi connectivity index (χ4n) is 1.57. The Balaban J connectivity index is 2.07. The van der Waals surface area contributed by atoms with Gasteiger partial charge < -0.3 is 5.11 Å². The number of aliphatic hydroxyl groups is 1. The first-order valence-corrected chi connectivity index (χ1v) is 5.90. The molecule has 1 N–H and O–H groups in total. The molecule has 2 heteroatoms. The van der Waals surface area contributed by atoms with E-state index in [0.29, 0.717) is 6.42 Å². The molecular weight excluding hydrogens is 204 g/mol. The number of thiophene rings is 1. The highest BCUT2D eigenvalue weighted by Gasteiger charge is 2.09. The van der Waals surface area contributed by atoms with Gasteiger partial charge in [-0.25, -0.2) is 0 Å². The van der Waals surface area contributed by atoms with Crippen LogP contribution in [0.1, 0.15) is 22.1 Å². The molecule has 0 amide bonds. The number of rotatable bonds is 3. The lowest BCUT2D eigenvalue weighted by atomic mass is 10.1. The van der Waals surface area contributed by atoms with Crippen LogP contribution in [0.5, 0.6) is 0 Å². The van der Waals surface area contributed by atoms with E-state index in [9.17, 15) is 5.11 Å². The van der Waals surface area contributed by atoms with Crippen molar-refractivity contribution in [3.05, 3.63) is 57.8 Å². The van der Waals surface area contributed by atoms with E-state index < -0.39 is 0 Å². The van der Waals surface area contributed by atoms with Crippen LogP contribution in [0.3, 0.4) is 0 Å². The second kappa shape index (κ2) is 4.60. The van der Waals surface area contributed by atoms with Crippen molar-refractivity contribution in [3.63, 3.8) is 0 Å². The van der Waals surface area contributed by atoms with Gasteiger partial charge in [0.25, 0.3) is 0 Å². The predicted molar refractivity (Wildman–Crippen MR) is 64.2 cm³/mol. The Morgan fingerprint density at radius 1 is 1.27 bits per heavy atom. The van der Waals surface area contributed by atoms with Crippen molar-refractivity contribution in [1.82, 2.24) is 0 Å². The second-order valence-corrected chi connectivity index (χ2v) is 4.67. The molecule has 0 fully saturated rings. The van der Waals surface area contributed by atoms with Gasteiger partial charge in [0.2, 0.25) is 0 Å². The van der Waals surface area contributed by atoms with Gasteiger partial charge in [0, 0.05) is 11.3 Å². The van der Waals surface area contributed by atoms with E-state index in [4.69, 9.17) is 0 Å². The Hall–Kier alpha value is -1.12. The summed E-state index contributed by atoms with van der Waals surface area (Å²) in [6, 6.07) is 12.1. The van der Waals surface area contributed by atoms with E-state index in [1.54, 1.807) is 11.3 Å². The zero-order valence-electron chi connectivity index (χ0n) is 8.68. The van der Waals surface area contributed by atoms with Gasteiger partial charge in [-0.15, -0.1) is 11.3 Å². The van der Waals surface area contributed by atoms with Crippen LogP contribution in [0.25, 0.3) is 0 Å². The molecule has 1 unspecified atom stereocenters. The van der Waals surface area contributed by atoms with Crippen LogP contribution in [-0.2, 0) is 6.42 Å². The van der Waals surface area contributed by atoms with Gasteiger partial charge in [0.05, 0.1) is 6.10 Å². The average Bonchev–Trinajstić information content (AvgIpc) is 2.66. The van der Waals surface area contributed by atoms with Crippen LogP contribution in [0.4, 0.5) is 0 Å². The third-order valence-electron chi connectivity index (χ3n) is 2.35. The molecule has 0 aliphatic rings. The number of benzene rings is 1. The summed E-state index contributed by atoms with van der Waals surface area (Å²) in [4.78, 5) is 1.05. The first kappa shape index (κ1) is 10.4. The quantitative estimate of drug-likeness (QED) is 0.837. The minimum Gasteiger partial charge on any atom is -0.387 e. The molecule has 1 heterocycles. The summed E-state index contributed by atoms with van der Waals surface area (Å²) in [7, 11) is 0.